The number of benzene rings is 3. The zero-order chi connectivity index (χ0) is 23.1. The number of rotatable bonds is 11. The van der Waals surface area contributed by atoms with Crippen LogP contribution in [-0.4, -0.2) is 31.5 Å². The summed E-state index contributed by atoms with van der Waals surface area (Å²) in [6, 6.07) is 20.6. The van der Waals surface area contributed by atoms with Crippen LogP contribution >= 0.6 is 12.4 Å². The van der Waals surface area contributed by atoms with Gasteiger partial charge in [-0.3, -0.25) is 0 Å². The molecule has 0 aliphatic heterocycles. The molecule has 0 aliphatic rings. The number of fused-ring (bicyclic) bond motifs is 2. The van der Waals surface area contributed by atoms with E-state index < -0.39 is 10.0 Å². The highest BCUT2D eigenvalue weighted by Crippen LogP contribution is 2.22. The van der Waals surface area contributed by atoms with Gasteiger partial charge in [-0.2, -0.15) is 4.98 Å². The van der Waals surface area contributed by atoms with Gasteiger partial charge in [-0.25, -0.2) is 18.1 Å². The Kier molecular flexibility index (Phi) is 9.04. The first-order valence-corrected chi connectivity index (χ1v) is 12.8. The number of hydrogen-bond donors (Lipinski definition) is 3. The Morgan fingerprint density at radius 3 is 2.21 bits per heavy atom. The van der Waals surface area contributed by atoms with Crippen LogP contribution in [0, 0.1) is 0 Å². The van der Waals surface area contributed by atoms with E-state index >= 15 is 0 Å². The summed E-state index contributed by atoms with van der Waals surface area (Å²) in [7, 11) is -3.52. The fourth-order valence-corrected chi connectivity index (χ4v) is 5.18. The number of aromatic nitrogens is 2. The van der Waals surface area contributed by atoms with Crippen LogP contribution < -0.4 is 15.8 Å². The van der Waals surface area contributed by atoms with E-state index in [9.17, 15) is 8.42 Å². The predicted octanol–water partition coefficient (Wildman–Crippen LogP) is 5.13. The fourth-order valence-electron chi connectivity index (χ4n) is 3.88. The van der Waals surface area contributed by atoms with Gasteiger partial charge >= 0.3 is 0 Å². The number of unbranched alkanes of at least 4 members (excludes halogenated alkanes) is 4. The SMILES string of the molecule is Cl.Nc1nc(NCCCCCCCNS(=O)(=O)c2cccc3ccccc23)nc2ccccc12. The van der Waals surface area contributed by atoms with Crippen molar-refractivity contribution >= 4 is 55.9 Å². The normalized spacial score (nSPS) is 11.4. The minimum atomic E-state index is -3.52. The Hall–Kier alpha value is -2.94. The molecule has 0 fully saturated rings. The highest BCUT2D eigenvalue weighted by molar-refractivity contribution is 7.89. The minimum Gasteiger partial charge on any atom is -0.383 e. The van der Waals surface area contributed by atoms with Crippen LogP contribution in [0.5, 0.6) is 0 Å². The van der Waals surface area contributed by atoms with Crippen molar-refractivity contribution in [3.8, 4) is 0 Å². The molecule has 0 aliphatic carbocycles. The second-order valence-corrected chi connectivity index (χ2v) is 9.75. The summed E-state index contributed by atoms with van der Waals surface area (Å²) < 4.78 is 28.2. The molecule has 7 nitrogen and oxygen atoms in total. The van der Waals surface area contributed by atoms with E-state index in [1.807, 2.05) is 54.6 Å². The van der Waals surface area contributed by atoms with Crippen LogP contribution in [0.1, 0.15) is 32.1 Å². The van der Waals surface area contributed by atoms with Gasteiger partial charge in [0.15, 0.2) is 0 Å². The first kappa shape index (κ1) is 25.7. The number of halogens is 1. The molecule has 1 heterocycles. The van der Waals surface area contributed by atoms with Crippen LogP contribution in [0.15, 0.2) is 71.6 Å². The Bertz CT molecular complexity index is 1340. The smallest absolute Gasteiger partial charge is 0.241 e. The lowest BCUT2D eigenvalue weighted by atomic mass is 10.1. The summed E-state index contributed by atoms with van der Waals surface area (Å²) in [6.45, 7) is 1.21. The molecule has 4 N–H and O–H groups in total. The first-order chi connectivity index (χ1) is 16.0. The van der Waals surface area contributed by atoms with E-state index in [4.69, 9.17) is 5.73 Å². The van der Waals surface area contributed by atoms with Gasteiger partial charge in [0, 0.05) is 23.9 Å². The molecule has 0 amide bonds. The Balaban J connectivity index is 0.00000324. The fraction of sp³-hybridized carbons (Fsp3) is 0.280. The maximum atomic E-state index is 12.7. The first-order valence-electron chi connectivity index (χ1n) is 11.3. The zero-order valence-corrected chi connectivity index (χ0v) is 20.5. The summed E-state index contributed by atoms with van der Waals surface area (Å²) >= 11 is 0. The lowest BCUT2D eigenvalue weighted by molar-refractivity contribution is 0.571. The third-order valence-corrected chi connectivity index (χ3v) is 7.12. The van der Waals surface area contributed by atoms with E-state index in [2.05, 4.69) is 20.0 Å². The van der Waals surface area contributed by atoms with Gasteiger partial charge < -0.3 is 11.1 Å². The molecular weight excluding hydrogens is 470 g/mol. The van der Waals surface area contributed by atoms with E-state index in [-0.39, 0.29) is 12.4 Å². The van der Waals surface area contributed by atoms with Gasteiger partial charge in [-0.15, -0.1) is 12.4 Å². The third kappa shape index (κ3) is 6.34. The summed E-state index contributed by atoms with van der Waals surface area (Å²) in [5.41, 5.74) is 6.84. The van der Waals surface area contributed by atoms with Crippen molar-refractivity contribution in [2.24, 2.45) is 0 Å². The third-order valence-electron chi connectivity index (χ3n) is 5.60. The van der Waals surface area contributed by atoms with Gasteiger partial charge in [0.1, 0.15) is 5.82 Å². The molecule has 0 unspecified atom stereocenters. The molecule has 4 rings (SSSR count). The molecule has 1 aromatic heterocycles. The Morgan fingerprint density at radius 2 is 1.38 bits per heavy atom. The number of nitrogens with one attached hydrogen (secondary N) is 2. The van der Waals surface area contributed by atoms with E-state index in [0.29, 0.717) is 23.2 Å². The van der Waals surface area contributed by atoms with Gasteiger partial charge in [0.2, 0.25) is 16.0 Å². The number of nitrogen functional groups attached to an aromatic ring is 1. The van der Waals surface area contributed by atoms with Crippen molar-refractivity contribution in [2.75, 3.05) is 24.1 Å². The molecule has 0 bridgehead atoms. The number of anilines is 2. The predicted molar refractivity (Wildman–Crippen MR) is 142 cm³/mol. The van der Waals surface area contributed by atoms with Crippen LogP contribution in [-0.2, 0) is 10.0 Å². The van der Waals surface area contributed by atoms with Crippen LogP contribution in [0.25, 0.3) is 21.7 Å². The van der Waals surface area contributed by atoms with Crippen molar-refractivity contribution in [1.29, 1.82) is 0 Å². The second kappa shape index (κ2) is 12.0. The van der Waals surface area contributed by atoms with Crippen LogP contribution in [0.4, 0.5) is 11.8 Å². The number of nitrogens with two attached hydrogens (primary N) is 1. The quantitative estimate of drug-likeness (QED) is 0.247. The van der Waals surface area contributed by atoms with E-state index in [1.165, 1.54) is 0 Å². The van der Waals surface area contributed by atoms with Crippen molar-refractivity contribution in [3.05, 3.63) is 66.7 Å². The van der Waals surface area contributed by atoms with Crippen molar-refractivity contribution in [3.63, 3.8) is 0 Å². The van der Waals surface area contributed by atoms with Gasteiger partial charge in [-0.05, 0) is 36.4 Å². The maximum Gasteiger partial charge on any atom is 0.241 e. The van der Waals surface area contributed by atoms with Gasteiger partial charge in [0.25, 0.3) is 0 Å². The van der Waals surface area contributed by atoms with E-state index in [1.54, 1.807) is 12.1 Å². The number of nitrogens with zero attached hydrogens (tertiary/aromatic N) is 2. The topological polar surface area (TPSA) is 110 Å². The summed E-state index contributed by atoms with van der Waals surface area (Å²) in [5, 5.41) is 5.77. The number of para-hydroxylation sites is 1. The van der Waals surface area contributed by atoms with Crippen molar-refractivity contribution in [2.45, 2.75) is 37.0 Å². The standard InChI is InChI=1S/C25H29N5O2S.ClH/c26-24-21-14-6-7-15-22(21)29-25(30-24)27-17-8-2-1-3-9-18-28-33(31,32)23-16-10-12-19-11-4-5-13-20(19)23;/h4-7,10-16,28H,1-3,8-9,17-18H2,(H3,26,27,29,30);1H. The molecule has 0 saturated heterocycles. The maximum absolute atomic E-state index is 12.7. The summed E-state index contributed by atoms with van der Waals surface area (Å²) in [5.74, 6) is 1.03. The van der Waals surface area contributed by atoms with Crippen LogP contribution in [0.3, 0.4) is 0 Å². The zero-order valence-electron chi connectivity index (χ0n) is 18.9. The van der Waals surface area contributed by atoms with Crippen molar-refractivity contribution < 1.29 is 8.42 Å². The van der Waals surface area contributed by atoms with E-state index in [0.717, 1.165) is 60.3 Å². The molecule has 0 saturated carbocycles. The van der Waals surface area contributed by atoms with Gasteiger partial charge in [0.05, 0.1) is 10.4 Å². The average Bonchev–Trinajstić information content (AvgIpc) is 2.82. The monoisotopic (exact) mass is 499 g/mol. The Morgan fingerprint density at radius 1 is 0.735 bits per heavy atom. The number of sulfonamides is 1. The number of hydrogen-bond acceptors (Lipinski definition) is 6. The second-order valence-electron chi connectivity index (χ2n) is 8.02. The van der Waals surface area contributed by atoms with Crippen molar-refractivity contribution in [1.82, 2.24) is 14.7 Å². The lowest BCUT2D eigenvalue weighted by Gasteiger charge is -2.10. The summed E-state index contributed by atoms with van der Waals surface area (Å²) in [6.07, 6.45) is 4.85. The van der Waals surface area contributed by atoms with Crippen LogP contribution in [0.2, 0.25) is 0 Å². The minimum absolute atomic E-state index is 0. The molecule has 180 valence electrons. The molecule has 4 aromatic rings. The molecule has 0 atom stereocenters. The highest BCUT2D eigenvalue weighted by atomic mass is 35.5. The van der Waals surface area contributed by atoms with Gasteiger partial charge in [-0.1, -0.05) is 67.8 Å². The average molecular weight is 500 g/mol. The molecule has 0 spiro atoms. The molecule has 9 heteroatoms. The molecular formula is C25H30ClN5O2S. The lowest BCUT2D eigenvalue weighted by Crippen LogP contribution is -2.25. The largest absolute Gasteiger partial charge is 0.383 e. The highest BCUT2D eigenvalue weighted by Gasteiger charge is 2.16. The molecule has 34 heavy (non-hydrogen) atoms. The Labute approximate surface area is 206 Å². The molecule has 3 aromatic carbocycles. The summed E-state index contributed by atoms with van der Waals surface area (Å²) in [4.78, 5) is 9.15. The molecule has 0 radical (unpaired) electrons.